The molecular formula is C18H34N2O2. The Morgan fingerprint density at radius 2 is 1.77 bits per heavy atom. The van der Waals surface area contributed by atoms with Gasteiger partial charge >= 0.3 is 6.09 Å². The second-order valence-electron chi connectivity index (χ2n) is 8.93. The van der Waals surface area contributed by atoms with Crippen molar-refractivity contribution in [3.05, 3.63) is 0 Å². The summed E-state index contributed by atoms with van der Waals surface area (Å²) < 4.78 is 5.33. The van der Waals surface area contributed by atoms with Crippen LogP contribution in [0.4, 0.5) is 4.79 Å². The SMILES string of the molecule is CC1(C)CCC(NC(CNC(=O)OC(C)(C)C)C2CC2)CC1. The van der Waals surface area contributed by atoms with E-state index in [-0.39, 0.29) is 6.09 Å². The molecule has 0 saturated heterocycles. The van der Waals surface area contributed by atoms with Crippen molar-refractivity contribution in [1.29, 1.82) is 0 Å². The van der Waals surface area contributed by atoms with E-state index in [1.807, 2.05) is 20.8 Å². The number of rotatable bonds is 5. The Bertz CT molecular complexity index is 373. The zero-order valence-corrected chi connectivity index (χ0v) is 15.0. The molecule has 22 heavy (non-hydrogen) atoms. The van der Waals surface area contributed by atoms with Crippen LogP contribution >= 0.6 is 0 Å². The summed E-state index contributed by atoms with van der Waals surface area (Å²) in [5.74, 6) is 0.727. The maximum absolute atomic E-state index is 11.8. The molecule has 0 spiro atoms. The third kappa shape index (κ3) is 6.15. The van der Waals surface area contributed by atoms with Crippen molar-refractivity contribution in [2.45, 2.75) is 90.8 Å². The lowest BCUT2D eigenvalue weighted by atomic mass is 9.75. The standard InChI is InChI=1S/C18H34N2O2/c1-17(2,3)22-16(21)19-12-15(13-6-7-13)20-14-8-10-18(4,5)11-9-14/h13-15,20H,6-12H2,1-5H3,(H,19,21). The molecule has 2 aliphatic rings. The highest BCUT2D eigenvalue weighted by Crippen LogP contribution is 2.37. The molecule has 2 fully saturated rings. The molecule has 0 aromatic rings. The predicted octanol–water partition coefficient (Wildman–Crippen LogP) is 3.85. The molecule has 2 aliphatic carbocycles. The average Bonchev–Trinajstić information content (AvgIpc) is 3.18. The summed E-state index contributed by atoms with van der Waals surface area (Å²) in [6, 6.07) is 1.01. The first-order valence-corrected chi connectivity index (χ1v) is 8.87. The van der Waals surface area contributed by atoms with Crippen molar-refractivity contribution >= 4 is 6.09 Å². The van der Waals surface area contributed by atoms with Gasteiger partial charge in [-0.15, -0.1) is 0 Å². The molecule has 1 atom stereocenters. The van der Waals surface area contributed by atoms with Crippen molar-refractivity contribution in [2.24, 2.45) is 11.3 Å². The number of ether oxygens (including phenoxy) is 1. The van der Waals surface area contributed by atoms with Gasteiger partial charge < -0.3 is 15.4 Å². The number of amides is 1. The monoisotopic (exact) mass is 310 g/mol. The summed E-state index contributed by atoms with van der Waals surface area (Å²) in [6.45, 7) is 11.1. The lowest BCUT2D eigenvalue weighted by molar-refractivity contribution is 0.0519. The minimum absolute atomic E-state index is 0.301. The maximum atomic E-state index is 11.8. The molecule has 2 saturated carbocycles. The van der Waals surface area contributed by atoms with Crippen molar-refractivity contribution in [3.63, 3.8) is 0 Å². The van der Waals surface area contributed by atoms with Crippen LogP contribution in [-0.4, -0.2) is 30.3 Å². The van der Waals surface area contributed by atoms with Gasteiger partial charge in [0, 0.05) is 18.6 Å². The highest BCUT2D eigenvalue weighted by atomic mass is 16.6. The van der Waals surface area contributed by atoms with Gasteiger partial charge in [-0.05, 0) is 70.6 Å². The lowest BCUT2D eigenvalue weighted by Crippen LogP contribution is -2.49. The Hall–Kier alpha value is -0.770. The van der Waals surface area contributed by atoms with Crippen molar-refractivity contribution < 1.29 is 9.53 Å². The molecule has 1 amide bonds. The molecule has 0 heterocycles. The van der Waals surface area contributed by atoms with E-state index >= 15 is 0 Å². The highest BCUT2D eigenvalue weighted by Gasteiger charge is 2.35. The second-order valence-corrected chi connectivity index (χ2v) is 8.93. The quantitative estimate of drug-likeness (QED) is 0.811. The molecule has 4 heteroatoms. The molecule has 128 valence electrons. The fraction of sp³-hybridized carbons (Fsp3) is 0.944. The molecular weight excluding hydrogens is 276 g/mol. The Morgan fingerprint density at radius 3 is 2.27 bits per heavy atom. The Morgan fingerprint density at radius 1 is 1.18 bits per heavy atom. The Balaban J connectivity index is 1.75. The summed E-state index contributed by atoms with van der Waals surface area (Å²) in [5, 5.41) is 6.75. The van der Waals surface area contributed by atoms with Crippen LogP contribution in [-0.2, 0) is 4.74 Å². The topological polar surface area (TPSA) is 50.4 Å². The molecule has 0 aliphatic heterocycles. The maximum Gasteiger partial charge on any atom is 0.407 e. The van der Waals surface area contributed by atoms with Crippen LogP contribution in [0.5, 0.6) is 0 Å². The van der Waals surface area contributed by atoms with Crippen LogP contribution in [0.15, 0.2) is 0 Å². The van der Waals surface area contributed by atoms with Gasteiger partial charge in [-0.3, -0.25) is 0 Å². The number of hydrogen-bond acceptors (Lipinski definition) is 3. The van der Waals surface area contributed by atoms with Gasteiger partial charge in [0.2, 0.25) is 0 Å². The van der Waals surface area contributed by atoms with Crippen LogP contribution < -0.4 is 10.6 Å². The van der Waals surface area contributed by atoms with Crippen LogP contribution in [0.3, 0.4) is 0 Å². The van der Waals surface area contributed by atoms with Gasteiger partial charge in [0.1, 0.15) is 5.60 Å². The van der Waals surface area contributed by atoms with Gasteiger partial charge in [0.15, 0.2) is 0 Å². The van der Waals surface area contributed by atoms with E-state index in [0.29, 0.717) is 24.0 Å². The molecule has 2 N–H and O–H groups in total. The first-order chi connectivity index (χ1) is 10.1. The largest absolute Gasteiger partial charge is 0.444 e. The van der Waals surface area contributed by atoms with Crippen molar-refractivity contribution in [1.82, 2.24) is 10.6 Å². The molecule has 0 bridgehead atoms. The normalized spacial score (nSPS) is 23.9. The van der Waals surface area contributed by atoms with E-state index in [1.165, 1.54) is 38.5 Å². The van der Waals surface area contributed by atoms with Crippen LogP contribution in [0.25, 0.3) is 0 Å². The van der Waals surface area contributed by atoms with E-state index in [1.54, 1.807) is 0 Å². The molecule has 2 rings (SSSR count). The zero-order valence-electron chi connectivity index (χ0n) is 15.0. The average molecular weight is 310 g/mol. The molecule has 0 radical (unpaired) electrons. The fourth-order valence-electron chi connectivity index (χ4n) is 3.24. The van der Waals surface area contributed by atoms with E-state index in [0.717, 1.165) is 5.92 Å². The summed E-state index contributed by atoms with van der Waals surface area (Å²) in [6.07, 6.45) is 7.36. The predicted molar refractivity (Wildman–Crippen MR) is 89.9 cm³/mol. The van der Waals surface area contributed by atoms with Crippen LogP contribution in [0.1, 0.15) is 73.1 Å². The lowest BCUT2D eigenvalue weighted by Gasteiger charge is -2.36. The first-order valence-electron chi connectivity index (χ1n) is 8.87. The molecule has 4 nitrogen and oxygen atoms in total. The number of carbonyl (C=O) groups is 1. The molecule has 0 aromatic heterocycles. The second kappa shape index (κ2) is 6.77. The van der Waals surface area contributed by atoms with Crippen LogP contribution in [0.2, 0.25) is 0 Å². The van der Waals surface area contributed by atoms with Crippen molar-refractivity contribution in [3.8, 4) is 0 Å². The fourth-order valence-corrected chi connectivity index (χ4v) is 3.24. The zero-order chi connectivity index (χ0) is 16.4. The summed E-state index contributed by atoms with van der Waals surface area (Å²) in [4.78, 5) is 11.8. The number of alkyl carbamates (subject to hydrolysis) is 1. The third-order valence-electron chi connectivity index (χ3n) is 4.85. The number of hydrogen-bond donors (Lipinski definition) is 2. The van der Waals surface area contributed by atoms with Gasteiger partial charge in [0.25, 0.3) is 0 Å². The first kappa shape index (κ1) is 17.6. The van der Waals surface area contributed by atoms with Crippen molar-refractivity contribution in [2.75, 3.05) is 6.54 Å². The van der Waals surface area contributed by atoms with Gasteiger partial charge in [0.05, 0.1) is 0 Å². The smallest absolute Gasteiger partial charge is 0.407 e. The van der Waals surface area contributed by atoms with E-state index in [4.69, 9.17) is 4.74 Å². The van der Waals surface area contributed by atoms with Gasteiger partial charge in [-0.1, -0.05) is 13.8 Å². The molecule has 1 unspecified atom stereocenters. The number of carbonyl (C=O) groups excluding carboxylic acids is 1. The minimum atomic E-state index is -0.429. The molecule has 0 aromatic carbocycles. The number of nitrogens with one attached hydrogen (secondary N) is 2. The summed E-state index contributed by atoms with van der Waals surface area (Å²) in [5.41, 5.74) is 0.0730. The Labute approximate surface area is 135 Å². The van der Waals surface area contributed by atoms with E-state index in [9.17, 15) is 4.79 Å². The highest BCUT2D eigenvalue weighted by molar-refractivity contribution is 5.67. The Kier molecular flexibility index (Phi) is 5.41. The third-order valence-corrected chi connectivity index (χ3v) is 4.85. The van der Waals surface area contributed by atoms with Gasteiger partial charge in [-0.2, -0.15) is 0 Å². The summed E-state index contributed by atoms with van der Waals surface area (Å²) in [7, 11) is 0. The van der Waals surface area contributed by atoms with E-state index in [2.05, 4.69) is 24.5 Å². The van der Waals surface area contributed by atoms with E-state index < -0.39 is 5.60 Å². The van der Waals surface area contributed by atoms with Gasteiger partial charge in [-0.25, -0.2) is 4.79 Å². The summed E-state index contributed by atoms with van der Waals surface area (Å²) >= 11 is 0. The van der Waals surface area contributed by atoms with Crippen LogP contribution in [0, 0.1) is 11.3 Å². The minimum Gasteiger partial charge on any atom is -0.444 e.